The molecule has 0 N–H and O–H groups in total. The van der Waals surface area contributed by atoms with Crippen LogP contribution < -0.4 is 0 Å². The first-order valence-corrected chi connectivity index (χ1v) is 6.34. The smallest absolute Gasteiger partial charge is 0.429 e. The lowest BCUT2D eigenvalue weighted by Crippen LogP contribution is -2.26. The molecule has 110 valence electrons. The summed E-state index contributed by atoms with van der Waals surface area (Å²) in [5, 5.41) is 0.243. The van der Waals surface area contributed by atoms with Crippen molar-refractivity contribution in [2.45, 2.75) is 12.3 Å². The Kier molecular flexibility index (Phi) is 4.53. The maximum absolute atomic E-state index is 13.1. The molecular formula is C15H10ClF3O2. The fourth-order valence-corrected chi connectivity index (χ4v) is 1.93. The molecule has 6 heteroatoms. The highest BCUT2D eigenvalue weighted by Gasteiger charge is 2.44. The fraction of sp³-hybridized carbons (Fsp3) is 0.133. The van der Waals surface area contributed by atoms with Gasteiger partial charge in [0.15, 0.2) is 0 Å². The van der Waals surface area contributed by atoms with Gasteiger partial charge < -0.3 is 4.74 Å². The Morgan fingerprint density at radius 2 is 1.71 bits per heavy atom. The second-order valence-electron chi connectivity index (χ2n) is 4.25. The van der Waals surface area contributed by atoms with Crippen LogP contribution in [-0.2, 0) is 4.74 Å². The van der Waals surface area contributed by atoms with Crippen molar-refractivity contribution < 1.29 is 22.7 Å². The number of alkyl halides is 3. The standard InChI is InChI=1S/C15H10ClF3O2/c16-12-8-4-7-11(9-12)14(20)21-13(15(17,18)19)10-5-2-1-3-6-10/h1-9,13H. The molecule has 2 nitrogen and oxygen atoms in total. The number of esters is 1. The zero-order valence-corrected chi connectivity index (χ0v) is 11.4. The van der Waals surface area contributed by atoms with E-state index in [0.29, 0.717) is 0 Å². The molecule has 0 aliphatic heterocycles. The number of benzene rings is 2. The lowest BCUT2D eigenvalue weighted by Gasteiger charge is -2.21. The molecule has 2 aromatic rings. The summed E-state index contributed by atoms with van der Waals surface area (Å²) < 4.78 is 43.8. The van der Waals surface area contributed by atoms with Crippen LogP contribution in [0, 0.1) is 0 Å². The van der Waals surface area contributed by atoms with Crippen molar-refractivity contribution in [1.82, 2.24) is 0 Å². The Hall–Kier alpha value is -2.01. The summed E-state index contributed by atoms with van der Waals surface area (Å²) >= 11 is 5.70. The Labute approximate surface area is 124 Å². The van der Waals surface area contributed by atoms with Gasteiger partial charge in [0.25, 0.3) is 0 Å². The van der Waals surface area contributed by atoms with Crippen LogP contribution in [0.3, 0.4) is 0 Å². The number of ether oxygens (including phenoxy) is 1. The predicted octanol–water partition coefficient (Wildman–Crippen LogP) is 4.80. The molecule has 0 aliphatic rings. The topological polar surface area (TPSA) is 26.3 Å². The third-order valence-electron chi connectivity index (χ3n) is 2.68. The van der Waals surface area contributed by atoms with E-state index >= 15 is 0 Å². The average molecular weight is 315 g/mol. The largest absolute Gasteiger partial charge is 0.444 e. The van der Waals surface area contributed by atoms with E-state index in [1.165, 1.54) is 48.5 Å². The molecule has 0 amide bonds. The third kappa shape index (κ3) is 3.98. The SMILES string of the molecule is O=C(OC(c1ccccc1)C(F)(F)F)c1cccc(Cl)c1. The number of halogens is 4. The molecule has 0 fully saturated rings. The minimum Gasteiger partial charge on any atom is -0.444 e. The van der Waals surface area contributed by atoms with Crippen molar-refractivity contribution in [3.63, 3.8) is 0 Å². The zero-order valence-electron chi connectivity index (χ0n) is 10.6. The van der Waals surface area contributed by atoms with Crippen LogP contribution in [0.1, 0.15) is 22.0 Å². The third-order valence-corrected chi connectivity index (χ3v) is 2.92. The minimum absolute atomic E-state index is 0.0346. The first-order chi connectivity index (χ1) is 9.88. The van der Waals surface area contributed by atoms with Crippen LogP contribution in [-0.4, -0.2) is 12.1 Å². The molecule has 0 spiro atoms. The Morgan fingerprint density at radius 3 is 2.29 bits per heavy atom. The van der Waals surface area contributed by atoms with E-state index in [1.807, 2.05) is 0 Å². The van der Waals surface area contributed by atoms with Gasteiger partial charge in [0, 0.05) is 10.6 Å². The van der Waals surface area contributed by atoms with E-state index in [1.54, 1.807) is 6.07 Å². The Balaban J connectivity index is 2.26. The monoisotopic (exact) mass is 314 g/mol. The van der Waals surface area contributed by atoms with Crippen LogP contribution >= 0.6 is 11.6 Å². The number of hydrogen-bond donors (Lipinski definition) is 0. The van der Waals surface area contributed by atoms with Crippen molar-refractivity contribution in [2.24, 2.45) is 0 Å². The quantitative estimate of drug-likeness (QED) is 0.761. The van der Waals surface area contributed by atoms with Gasteiger partial charge in [0.1, 0.15) is 0 Å². The van der Waals surface area contributed by atoms with Gasteiger partial charge in [-0.05, 0) is 18.2 Å². The molecule has 1 atom stereocenters. The van der Waals surface area contributed by atoms with Crippen molar-refractivity contribution in [3.8, 4) is 0 Å². The molecule has 0 saturated heterocycles. The summed E-state index contributed by atoms with van der Waals surface area (Å²) in [7, 11) is 0. The number of carbonyl (C=O) groups is 1. The molecule has 0 aliphatic carbocycles. The van der Waals surface area contributed by atoms with Crippen molar-refractivity contribution in [1.29, 1.82) is 0 Å². The summed E-state index contributed by atoms with van der Waals surface area (Å²) in [6.07, 6.45) is -7.01. The molecule has 0 radical (unpaired) electrons. The lowest BCUT2D eigenvalue weighted by atomic mass is 10.1. The molecule has 2 aromatic carbocycles. The van der Waals surface area contributed by atoms with Gasteiger partial charge in [0.05, 0.1) is 5.56 Å². The van der Waals surface area contributed by atoms with Crippen LogP contribution in [0.5, 0.6) is 0 Å². The normalized spacial score (nSPS) is 12.8. The Morgan fingerprint density at radius 1 is 1.05 bits per heavy atom. The van der Waals surface area contributed by atoms with E-state index < -0.39 is 18.2 Å². The first-order valence-electron chi connectivity index (χ1n) is 5.96. The lowest BCUT2D eigenvalue weighted by molar-refractivity contribution is -0.207. The van der Waals surface area contributed by atoms with E-state index in [0.717, 1.165) is 0 Å². The van der Waals surface area contributed by atoms with Crippen molar-refractivity contribution in [2.75, 3.05) is 0 Å². The summed E-state index contributed by atoms with van der Waals surface area (Å²) in [4.78, 5) is 11.8. The fourth-order valence-electron chi connectivity index (χ4n) is 1.74. The van der Waals surface area contributed by atoms with Gasteiger partial charge in [-0.15, -0.1) is 0 Å². The highest BCUT2D eigenvalue weighted by Crippen LogP contribution is 2.36. The molecule has 0 aromatic heterocycles. The van der Waals surface area contributed by atoms with Crippen molar-refractivity contribution >= 4 is 17.6 Å². The van der Waals surface area contributed by atoms with Gasteiger partial charge in [0.2, 0.25) is 6.10 Å². The number of carbonyl (C=O) groups excluding carboxylic acids is 1. The van der Waals surface area contributed by atoms with E-state index in [2.05, 4.69) is 4.74 Å². The molecule has 1 unspecified atom stereocenters. The second kappa shape index (κ2) is 6.18. The van der Waals surface area contributed by atoms with E-state index in [9.17, 15) is 18.0 Å². The first kappa shape index (κ1) is 15.4. The summed E-state index contributed by atoms with van der Waals surface area (Å²) in [5.74, 6) is -1.08. The molecule has 2 rings (SSSR count). The van der Waals surface area contributed by atoms with Crippen molar-refractivity contribution in [3.05, 3.63) is 70.7 Å². The summed E-state index contributed by atoms with van der Waals surface area (Å²) in [5.41, 5.74) is -0.173. The van der Waals surface area contributed by atoms with Crippen LogP contribution in [0.4, 0.5) is 13.2 Å². The second-order valence-corrected chi connectivity index (χ2v) is 4.68. The van der Waals surface area contributed by atoms with Gasteiger partial charge in [-0.2, -0.15) is 13.2 Å². The van der Waals surface area contributed by atoms with Gasteiger partial charge in [-0.1, -0.05) is 48.0 Å². The number of rotatable bonds is 3. The van der Waals surface area contributed by atoms with Crippen LogP contribution in [0.25, 0.3) is 0 Å². The van der Waals surface area contributed by atoms with Gasteiger partial charge >= 0.3 is 12.1 Å². The zero-order chi connectivity index (χ0) is 15.5. The highest BCUT2D eigenvalue weighted by molar-refractivity contribution is 6.30. The van der Waals surface area contributed by atoms with E-state index in [-0.39, 0.29) is 16.1 Å². The average Bonchev–Trinajstić information content (AvgIpc) is 2.44. The Bertz CT molecular complexity index is 626. The minimum atomic E-state index is -4.70. The predicted molar refractivity (Wildman–Crippen MR) is 72.1 cm³/mol. The van der Waals surface area contributed by atoms with Crippen LogP contribution in [0.2, 0.25) is 5.02 Å². The molecule has 0 bridgehead atoms. The van der Waals surface area contributed by atoms with Gasteiger partial charge in [-0.25, -0.2) is 4.79 Å². The molecule has 21 heavy (non-hydrogen) atoms. The summed E-state index contributed by atoms with van der Waals surface area (Å²) in [6.45, 7) is 0. The maximum Gasteiger partial charge on any atom is 0.429 e. The highest BCUT2D eigenvalue weighted by atomic mass is 35.5. The molecule has 0 heterocycles. The van der Waals surface area contributed by atoms with E-state index in [4.69, 9.17) is 11.6 Å². The van der Waals surface area contributed by atoms with Gasteiger partial charge in [-0.3, -0.25) is 0 Å². The number of hydrogen-bond acceptors (Lipinski definition) is 2. The molecular weight excluding hydrogens is 305 g/mol. The van der Waals surface area contributed by atoms with Crippen LogP contribution in [0.15, 0.2) is 54.6 Å². The maximum atomic E-state index is 13.1. The summed E-state index contributed by atoms with van der Waals surface area (Å²) in [6, 6.07) is 12.5. The molecule has 0 saturated carbocycles.